The van der Waals surface area contributed by atoms with Crippen LogP contribution in [0.1, 0.15) is 19.8 Å². The van der Waals surface area contributed by atoms with Gasteiger partial charge in [-0.1, -0.05) is 135 Å². The minimum atomic E-state index is -3.89. The SMILES string of the molecule is CCCC(C(=O)P(=O)(c1ccccc1)c1ccccc1)C(=O)P(=O)(c1ccccc1)c1ccccc1. The van der Waals surface area contributed by atoms with Crippen LogP contribution in [0.25, 0.3) is 0 Å². The van der Waals surface area contributed by atoms with Crippen molar-refractivity contribution < 1.29 is 18.7 Å². The van der Waals surface area contributed by atoms with Gasteiger partial charge in [0.2, 0.25) is 25.3 Å². The molecule has 0 amide bonds. The third-order valence-electron chi connectivity index (χ3n) is 6.27. The Balaban J connectivity index is 1.91. The molecule has 182 valence electrons. The van der Waals surface area contributed by atoms with E-state index in [9.17, 15) is 18.7 Å². The minimum absolute atomic E-state index is 0.158. The lowest BCUT2D eigenvalue weighted by Crippen LogP contribution is -2.35. The second-order valence-electron chi connectivity index (χ2n) is 8.58. The number of hydrogen-bond donors (Lipinski definition) is 0. The van der Waals surface area contributed by atoms with Crippen LogP contribution in [0.3, 0.4) is 0 Å². The fraction of sp³-hybridized carbons (Fsp3) is 0.133. The highest BCUT2D eigenvalue weighted by Gasteiger charge is 2.48. The number of carbonyl (C=O) groups is 2. The largest absolute Gasteiger partial charge is 0.306 e. The molecule has 0 bridgehead atoms. The number of hydrogen-bond acceptors (Lipinski definition) is 4. The zero-order chi connectivity index (χ0) is 25.6. The summed E-state index contributed by atoms with van der Waals surface area (Å²) in [6, 6.07) is 34.3. The molecule has 4 aromatic rings. The molecule has 0 heterocycles. The van der Waals surface area contributed by atoms with Crippen molar-refractivity contribution >= 4 is 46.6 Å². The van der Waals surface area contributed by atoms with E-state index in [1.807, 2.05) is 6.92 Å². The van der Waals surface area contributed by atoms with E-state index in [1.54, 1.807) is 121 Å². The Morgan fingerprint density at radius 3 is 1.00 bits per heavy atom. The first-order valence-corrected chi connectivity index (χ1v) is 15.4. The van der Waals surface area contributed by atoms with E-state index >= 15 is 0 Å². The zero-order valence-electron chi connectivity index (χ0n) is 20.1. The van der Waals surface area contributed by atoms with Gasteiger partial charge in [-0.3, -0.25) is 9.59 Å². The zero-order valence-corrected chi connectivity index (χ0v) is 21.9. The fourth-order valence-corrected chi connectivity index (χ4v) is 9.89. The third-order valence-corrected chi connectivity index (χ3v) is 12.2. The molecule has 0 saturated carbocycles. The van der Waals surface area contributed by atoms with Crippen LogP contribution >= 0.6 is 14.3 Å². The van der Waals surface area contributed by atoms with Gasteiger partial charge in [0.05, 0.1) is 5.92 Å². The molecule has 4 nitrogen and oxygen atoms in total. The van der Waals surface area contributed by atoms with Crippen LogP contribution < -0.4 is 21.2 Å². The van der Waals surface area contributed by atoms with Gasteiger partial charge >= 0.3 is 0 Å². The number of rotatable bonds is 10. The Hall–Kier alpha value is -3.32. The minimum Gasteiger partial charge on any atom is -0.306 e. The molecule has 0 atom stereocenters. The van der Waals surface area contributed by atoms with Crippen LogP contribution in [0.4, 0.5) is 0 Å². The maximum absolute atomic E-state index is 14.7. The highest BCUT2D eigenvalue weighted by molar-refractivity contribution is 7.95. The first-order valence-electron chi connectivity index (χ1n) is 12.0. The standard InChI is InChI=1S/C30H28O4P2/c1-2-15-28(29(31)35(33,24-16-7-3-8-17-24)25-18-9-4-10-19-25)30(32)36(34,26-20-11-5-12-21-26)27-22-13-6-14-23-27/h3-14,16-23,28H,2,15H2,1H3. The summed E-state index contributed by atoms with van der Waals surface area (Å²) in [4.78, 5) is 28.6. The summed E-state index contributed by atoms with van der Waals surface area (Å²) in [6.07, 6.45) is 0.653. The molecular formula is C30H28O4P2. The molecule has 4 rings (SSSR count). The quantitative estimate of drug-likeness (QED) is 0.208. The molecule has 0 radical (unpaired) electrons. The van der Waals surface area contributed by atoms with Crippen molar-refractivity contribution in [3.8, 4) is 0 Å². The Morgan fingerprint density at radius 2 is 0.778 bits per heavy atom. The molecule has 0 aromatic heterocycles. The first-order chi connectivity index (χ1) is 17.4. The van der Waals surface area contributed by atoms with E-state index in [0.717, 1.165) is 0 Å². The molecule has 0 aliphatic rings. The van der Waals surface area contributed by atoms with Crippen LogP contribution in [-0.4, -0.2) is 11.0 Å². The van der Waals surface area contributed by atoms with Gasteiger partial charge in [-0.25, -0.2) is 0 Å². The molecule has 0 aliphatic heterocycles. The molecule has 4 aromatic carbocycles. The lowest BCUT2D eigenvalue weighted by atomic mass is 10.1. The second kappa shape index (κ2) is 11.2. The van der Waals surface area contributed by atoms with E-state index in [4.69, 9.17) is 0 Å². The van der Waals surface area contributed by atoms with Crippen LogP contribution in [0.5, 0.6) is 0 Å². The molecule has 0 aliphatic carbocycles. The third kappa shape index (κ3) is 4.72. The Morgan fingerprint density at radius 1 is 0.528 bits per heavy atom. The molecule has 0 spiro atoms. The van der Waals surface area contributed by atoms with Gasteiger partial charge in [-0.15, -0.1) is 0 Å². The molecule has 0 N–H and O–H groups in total. The highest BCUT2D eigenvalue weighted by Crippen LogP contribution is 2.53. The summed E-state index contributed by atoms with van der Waals surface area (Å²) in [5, 5.41) is 1.46. The number of benzene rings is 4. The second-order valence-corrected chi connectivity index (χ2v) is 14.0. The topological polar surface area (TPSA) is 68.3 Å². The monoisotopic (exact) mass is 514 g/mol. The maximum atomic E-state index is 14.7. The summed E-state index contributed by atoms with van der Waals surface area (Å²) in [5.41, 5.74) is -1.34. The Labute approximate surface area is 212 Å². The lowest BCUT2D eigenvalue weighted by molar-refractivity contribution is -0.124. The van der Waals surface area contributed by atoms with Gasteiger partial charge in [-0.05, 0) is 6.42 Å². The lowest BCUT2D eigenvalue weighted by Gasteiger charge is -2.26. The predicted molar refractivity (Wildman–Crippen MR) is 148 cm³/mol. The summed E-state index contributed by atoms with van der Waals surface area (Å²) >= 11 is 0. The van der Waals surface area contributed by atoms with Crippen molar-refractivity contribution in [2.75, 3.05) is 0 Å². The normalized spacial score (nSPS) is 11.8. The van der Waals surface area contributed by atoms with Crippen molar-refractivity contribution in [2.45, 2.75) is 19.8 Å². The maximum Gasteiger partial charge on any atom is 0.211 e. The molecule has 0 saturated heterocycles. The van der Waals surface area contributed by atoms with Crippen LogP contribution in [0.2, 0.25) is 0 Å². The fourth-order valence-electron chi connectivity index (χ4n) is 4.44. The number of carbonyl (C=O) groups excluding carboxylic acids is 2. The highest BCUT2D eigenvalue weighted by atomic mass is 31.2. The van der Waals surface area contributed by atoms with Crippen LogP contribution in [-0.2, 0) is 18.7 Å². The average Bonchev–Trinajstić information content (AvgIpc) is 2.96. The summed E-state index contributed by atoms with van der Waals surface area (Å²) in [5.74, 6) is -1.28. The predicted octanol–water partition coefficient (Wildman–Crippen LogP) is 5.48. The van der Waals surface area contributed by atoms with Gasteiger partial charge in [0, 0.05) is 21.2 Å². The summed E-state index contributed by atoms with van der Waals surface area (Å²) < 4.78 is 29.5. The van der Waals surface area contributed by atoms with E-state index < -0.39 is 31.3 Å². The van der Waals surface area contributed by atoms with Crippen molar-refractivity contribution in [1.82, 2.24) is 0 Å². The van der Waals surface area contributed by atoms with Gasteiger partial charge in [-0.2, -0.15) is 0 Å². The summed E-state index contributed by atoms with van der Waals surface area (Å²) in [6.45, 7) is 1.86. The average molecular weight is 514 g/mol. The van der Waals surface area contributed by atoms with E-state index in [0.29, 0.717) is 27.6 Å². The van der Waals surface area contributed by atoms with Crippen molar-refractivity contribution in [1.29, 1.82) is 0 Å². The van der Waals surface area contributed by atoms with Crippen molar-refractivity contribution in [2.24, 2.45) is 5.92 Å². The summed E-state index contributed by atoms with van der Waals surface area (Å²) in [7, 11) is -7.78. The van der Waals surface area contributed by atoms with E-state index in [-0.39, 0.29) is 6.42 Å². The molecule has 0 unspecified atom stereocenters. The first kappa shape index (κ1) is 25.8. The van der Waals surface area contributed by atoms with Crippen LogP contribution in [0.15, 0.2) is 121 Å². The van der Waals surface area contributed by atoms with Crippen molar-refractivity contribution in [3.05, 3.63) is 121 Å². The Kier molecular flexibility index (Phi) is 7.99. The van der Waals surface area contributed by atoms with Crippen molar-refractivity contribution in [3.63, 3.8) is 0 Å². The molecule has 36 heavy (non-hydrogen) atoms. The molecule has 6 heteroatoms. The molecule has 0 fully saturated rings. The van der Waals surface area contributed by atoms with Gasteiger partial charge in [0.25, 0.3) is 0 Å². The van der Waals surface area contributed by atoms with Crippen LogP contribution in [0, 0.1) is 5.92 Å². The van der Waals surface area contributed by atoms with Gasteiger partial charge in [0.15, 0.2) is 0 Å². The van der Waals surface area contributed by atoms with Gasteiger partial charge < -0.3 is 9.13 Å². The smallest absolute Gasteiger partial charge is 0.211 e. The van der Waals surface area contributed by atoms with Gasteiger partial charge in [0.1, 0.15) is 0 Å². The molecular weight excluding hydrogens is 486 g/mol. The Bertz CT molecular complexity index is 1220. The van der Waals surface area contributed by atoms with E-state index in [1.165, 1.54) is 0 Å². The van der Waals surface area contributed by atoms with E-state index in [2.05, 4.69) is 0 Å².